The number of aromatic nitrogens is 2. The van der Waals surface area contributed by atoms with Crippen LogP contribution in [0.15, 0.2) is 27.4 Å². The molecule has 1 aromatic heterocycles. The van der Waals surface area contributed by atoms with Crippen molar-refractivity contribution in [3.05, 3.63) is 29.6 Å². The maximum atomic E-state index is 11.7. The lowest BCUT2D eigenvalue weighted by Crippen LogP contribution is -2.04. The first-order valence-corrected chi connectivity index (χ1v) is 6.65. The van der Waals surface area contributed by atoms with E-state index in [0.717, 1.165) is 15.1 Å². The van der Waals surface area contributed by atoms with Crippen LogP contribution in [-0.2, 0) is 4.74 Å². The van der Waals surface area contributed by atoms with Gasteiger partial charge in [0.2, 0.25) is 0 Å². The van der Waals surface area contributed by atoms with Crippen LogP contribution in [0.4, 0.5) is 5.69 Å². The second-order valence-electron chi connectivity index (χ2n) is 3.46. The highest BCUT2D eigenvalue weighted by Crippen LogP contribution is 2.32. The van der Waals surface area contributed by atoms with E-state index in [4.69, 9.17) is 10.5 Å². The number of carbonyl (C=O) groups is 1. The molecule has 0 spiro atoms. The van der Waals surface area contributed by atoms with E-state index in [9.17, 15) is 4.79 Å². The van der Waals surface area contributed by atoms with E-state index in [-0.39, 0.29) is 0 Å². The van der Waals surface area contributed by atoms with Crippen LogP contribution in [0.5, 0.6) is 0 Å². The lowest BCUT2D eigenvalue weighted by Gasteiger charge is -2.06. The Hall–Kier alpha value is -1.60. The SMILES string of the molecule is COC(=O)c1cc(N)ccc1Sc1nc(C)ns1. The van der Waals surface area contributed by atoms with Gasteiger partial charge in [0.25, 0.3) is 0 Å². The zero-order valence-corrected chi connectivity index (χ0v) is 11.5. The van der Waals surface area contributed by atoms with Gasteiger partial charge in [-0.2, -0.15) is 4.37 Å². The molecule has 0 fully saturated rings. The highest BCUT2D eigenvalue weighted by atomic mass is 32.2. The summed E-state index contributed by atoms with van der Waals surface area (Å²) in [7, 11) is 1.34. The van der Waals surface area contributed by atoms with Gasteiger partial charge >= 0.3 is 5.97 Å². The first-order valence-electron chi connectivity index (χ1n) is 5.06. The second kappa shape index (κ2) is 5.36. The maximum Gasteiger partial charge on any atom is 0.339 e. The van der Waals surface area contributed by atoms with E-state index < -0.39 is 5.97 Å². The molecule has 0 saturated heterocycles. The second-order valence-corrected chi connectivity index (χ2v) is 5.50. The van der Waals surface area contributed by atoms with Crippen molar-refractivity contribution in [2.45, 2.75) is 16.2 Å². The molecule has 2 N–H and O–H groups in total. The van der Waals surface area contributed by atoms with Crippen molar-refractivity contribution in [1.29, 1.82) is 0 Å². The maximum absolute atomic E-state index is 11.7. The summed E-state index contributed by atoms with van der Waals surface area (Å²) in [5, 5.41) is 0. The highest BCUT2D eigenvalue weighted by molar-refractivity contribution is 8.01. The number of nitrogen functional groups attached to an aromatic ring is 1. The summed E-state index contributed by atoms with van der Waals surface area (Å²) in [6, 6.07) is 5.12. The molecule has 0 saturated carbocycles. The number of hydrogen-bond acceptors (Lipinski definition) is 7. The summed E-state index contributed by atoms with van der Waals surface area (Å²) in [4.78, 5) is 16.7. The molecule has 0 radical (unpaired) electrons. The van der Waals surface area contributed by atoms with Gasteiger partial charge in [-0.25, -0.2) is 9.78 Å². The summed E-state index contributed by atoms with van der Waals surface area (Å²) in [5.74, 6) is 0.309. The van der Waals surface area contributed by atoms with E-state index in [1.54, 1.807) is 18.2 Å². The number of anilines is 1. The number of nitrogens with zero attached hydrogens (tertiary/aromatic N) is 2. The number of methoxy groups -OCH3 is 1. The summed E-state index contributed by atoms with van der Waals surface area (Å²) < 4.78 is 9.61. The van der Waals surface area contributed by atoms with Crippen LogP contribution in [0.1, 0.15) is 16.2 Å². The van der Waals surface area contributed by atoms with E-state index in [1.165, 1.54) is 30.4 Å². The van der Waals surface area contributed by atoms with Gasteiger partial charge in [-0.1, -0.05) is 11.8 Å². The Balaban J connectivity index is 2.35. The minimum absolute atomic E-state index is 0.411. The van der Waals surface area contributed by atoms with Crippen LogP contribution in [0.2, 0.25) is 0 Å². The van der Waals surface area contributed by atoms with Crippen LogP contribution in [-0.4, -0.2) is 22.4 Å². The number of ether oxygens (including phenoxy) is 1. The van der Waals surface area contributed by atoms with Crippen LogP contribution in [0.3, 0.4) is 0 Å². The van der Waals surface area contributed by atoms with E-state index >= 15 is 0 Å². The van der Waals surface area contributed by atoms with Gasteiger partial charge in [-0.05, 0) is 36.7 Å². The van der Waals surface area contributed by atoms with Crippen LogP contribution in [0, 0.1) is 6.92 Å². The van der Waals surface area contributed by atoms with Crippen molar-refractivity contribution in [2.75, 3.05) is 12.8 Å². The van der Waals surface area contributed by atoms with Crippen molar-refractivity contribution in [1.82, 2.24) is 9.36 Å². The Morgan fingerprint density at radius 1 is 1.50 bits per heavy atom. The third kappa shape index (κ3) is 2.80. The molecule has 0 unspecified atom stereocenters. The summed E-state index contributed by atoms with van der Waals surface area (Å²) >= 11 is 2.67. The molecule has 0 atom stereocenters. The number of hydrogen-bond donors (Lipinski definition) is 1. The minimum Gasteiger partial charge on any atom is -0.465 e. The van der Waals surface area contributed by atoms with E-state index in [2.05, 4.69) is 9.36 Å². The van der Waals surface area contributed by atoms with Gasteiger partial charge in [0.05, 0.1) is 12.7 Å². The molecule has 1 heterocycles. The number of esters is 1. The molecular weight excluding hydrogens is 270 g/mol. The Labute approximate surface area is 113 Å². The van der Waals surface area contributed by atoms with E-state index in [0.29, 0.717) is 11.3 Å². The molecule has 0 aliphatic heterocycles. The van der Waals surface area contributed by atoms with Crippen molar-refractivity contribution in [3.8, 4) is 0 Å². The molecule has 0 aliphatic rings. The topological polar surface area (TPSA) is 78.1 Å². The average Bonchev–Trinajstić information content (AvgIpc) is 2.76. The van der Waals surface area contributed by atoms with Crippen molar-refractivity contribution in [2.24, 2.45) is 0 Å². The predicted octanol–water partition coefficient (Wildman–Crippen LogP) is 2.37. The number of aryl methyl sites for hydroxylation is 1. The fourth-order valence-electron chi connectivity index (χ4n) is 1.32. The Morgan fingerprint density at radius 2 is 2.28 bits per heavy atom. The first kappa shape index (κ1) is 12.8. The molecule has 2 aromatic rings. The molecule has 0 bridgehead atoms. The minimum atomic E-state index is -0.411. The van der Waals surface area contributed by atoms with Crippen molar-refractivity contribution < 1.29 is 9.53 Å². The molecule has 5 nitrogen and oxygen atoms in total. The Kier molecular flexibility index (Phi) is 3.83. The molecule has 0 aliphatic carbocycles. The van der Waals surface area contributed by atoms with E-state index in [1.807, 2.05) is 6.92 Å². The number of benzene rings is 1. The predicted molar refractivity (Wildman–Crippen MR) is 71.0 cm³/mol. The third-order valence-electron chi connectivity index (χ3n) is 2.12. The number of nitrogens with two attached hydrogens (primary N) is 1. The summed E-state index contributed by atoms with van der Waals surface area (Å²) in [5.41, 5.74) is 6.64. The van der Waals surface area contributed by atoms with Crippen molar-refractivity contribution >= 4 is 35.0 Å². The molecule has 1 aromatic carbocycles. The summed E-state index contributed by atoms with van der Waals surface area (Å²) in [6.07, 6.45) is 0. The average molecular weight is 281 g/mol. The van der Waals surface area contributed by atoms with Crippen molar-refractivity contribution in [3.63, 3.8) is 0 Å². The van der Waals surface area contributed by atoms with Gasteiger partial charge in [0.1, 0.15) is 5.82 Å². The zero-order chi connectivity index (χ0) is 13.1. The Bertz CT molecular complexity index is 583. The number of carbonyl (C=O) groups excluding carboxylic acids is 1. The van der Waals surface area contributed by atoms with Gasteiger partial charge in [-0.15, -0.1) is 0 Å². The monoisotopic (exact) mass is 281 g/mol. The van der Waals surface area contributed by atoms with Gasteiger partial charge < -0.3 is 10.5 Å². The lowest BCUT2D eigenvalue weighted by atomic mass is 10.2. The van der Waals surface area contributed by atoms with Crippen LogP contribution < -0.4 is 5.73 Å². The normalized spacial score (nSPS) is 10.3. The standard InChI is InChI=1S/C11H11N3O2S2/c1-6-13-11(18-14-6)17-9-4-3-7(12)5-8(9)10(15)16-2/h3-5H,12H2,1-2H3. The molecule has 18 heavy (non-hydrogen) atoms. The molecule has 7 heteroatoms. The number of rotatable bonds is 3. The third-order valence-corrected chi connectivity index (χ3v) is 4.03. The van der Waals surface area contributed by atoms with Gasteiger partial charge in [0.15, 0.2) is 4.34 Å². The molecule has 2 rings (SSSR count). The van der Waals surface area contributed by atoms with Crippen LogP contribution >= 0.6 is 23.3 Å². The van der Waals surface area contributed by atoms with Gasteiger partial charge in [-0.3, -0.25) is 0 Å². The quantitative estimate of drug-likeness (QED) is 0.687. The smallest absolute Gasteiger partial charge is 0.339 e. The Morgan fingerprint density at radius 3 is 2.89 bits per heavy atom. The zero-order valence-electron chi connectivity index (χ0n) is 9.84. The fourth-order valence-corrected chi connectivity index (χ4v) is 3.03. The first-order chi connectivity index (χ1) is 8.60. The van der Waals surface area contributed by atoms with Crippen LogP contribution in [0.25, 0.3) is 0 Å². The largest absolute Gasteiger partial charge is 0.465 e. The molecule has 0 amide bonds. The lowest BCUT2D eigenvalue weighted by molar-refractivity contribution is 0.0597. The molecular formula is C11H11N3O2S2. The summed E-state index contributed by atoms with van der Waals surface area (Å²) in [6.45, 7) is 1.82. The fraction of sp³-hybridized carbons (Fsp3) is 0.182. The van der Waals surface area contributed by atoms with Gasteiger partial charge in [0, 0.05) is 10.6 Å². The highest BCUT2D eigenvalue weighted by Gasteiger charge is 2.14. The molecule has 94 valence electrons.